The van der Waals surface area contributed by atoms with Crippen LogP contribution in [0.4, 0.5) is 24.8 Å². The second-order valence-corrected chi connectivity index (χ2v) is 4.03. The standard InChI is InChI=1S/C12H9F3N4O3/c13-12(14,15)22-10-4-2-1-3-8(10)5-16-11-17-6-9(7-18-11)19(20)21/h1-4,6-7H,5H2,(H,16,17,18). The van der Waals surface area contributed by atoms with Crippen molar-refractivity contribution in [2.45, 2.75) is 12.9 Å². The van der Waals surface area contributed by atoms with Crippen molar-refractivity contribution < 1.29 is 22.8 Å². The van der Waals surface area contributed by atoms with E-state index >= 15 is 0 Å². The van der Waals surface area contributed by atoms with Crippen LogP contribution in [0.15, 0.2) is 36.7 Å². The molecule has 0 amide bonds. The third-order valence-electron chi connectivity index (χ3n) is 2.48. The predicted molar refractivity (Wildman–Crippen MR) is 69.1 cm³/mol. The van der Waals surface area contributed by atoms with E-state index in [1.54, 1.807) is 6.07 Å². The molecule has 0 atom stereocenters. The summed E-state index contributed by atoms with van der Waals surface area (Å²) in [5.74, 6) is -0.295. The van der Waals surface area contributed by atoms with E-state index in [2.05, 4.69) is 20.0 Å². The van der Waals surface area contributed by atoms with Crippen LogP contribution >= 0.6 is 0 Å². The number of anilines is 1. The summed E-state index contributed by atoms with van der Waals surface area (Å²) >= 11 is 0. The second kappa shape index (κ2) is 6.24. The maximum absolute atomic E-state index is 12.3. The van der Waals surface area contributed by atoms with Crippen molar-refractivity contribution >= 4 is 11.6 Å². The Balaban J connectivity index is 2.06. The number of nitro groups is 1. The highest BCUT2D eigenvalue weighted by atomic mass is 19.4. The van der Waals surface area contributed by atoms with E-state index < -0.39 is 11.3 Å². The molecule has 0 unspecified atom stereocenters. The number of hydrogen-bond donors (Lipinski definition) is 1. The van der Waals surface area contributed by atoms with Crippen molar-refractivity contribution in [3.05, 3.63) is 52.3 Å². The molecule has 2 aromatic rings. The van der Waals surface area contributed by atoms with Gasteiger partial charge in [0.25, 0.3) is 0 Å². The van der Waals surface area contributed by atoms with Gasteiger partial charge in [-0.1, -0.05) is 18.2 Å². The Hall–Kier alpha value is -2.91. The molecule has 116 valence electrons. The van der Waals surface area contributed by atoms with Crippen molar-refractivity contribution in [2.75, 3.05) is 5.32 Å². The summed E-state index contributed by atoms with van der Waals surface area (Å²) in [5, 5.41) is 13.1. The molecule has 0 saturated heterocycles. The van der Waals surface area contributed by atoms with Crippen LogP contribution < -0.4 is 10.1 Å². The number of hydrogen-bond acceptors (Lipinski definition) is 6. The number of ether oxygens (including phenoxy) is 1. The van der Waals surface area contributed by atoms with Crippen molar-refractivity contribution in [1.29, 1.82) is 0 Å². The number of para-hydroxylation sites is 1. The zero-order chi connectivity index (χ0) is 16.2. The van der Waals surface area contributed by atoms with Crippen LogP contribution in [0, 0.1) is 10.1 Å². The van der Waals surface area contributed by atoms with Crippen LogP contribution in [0.5, 0.6) is 5.75 Å². The first-order valence-electron chi connectivity index (χ1n) is 5.89. The van der Waals surface area contributed by atoms with Gasteiger partial charge in [-0.05, 0) is 6.07 Å². The highest BCUT2D eigenvalue weighted by Crippen LogP contribution is 2.26. The van der Waals surface area contributed by atoms with E-state index in [0.717, 1.165) is 12.4 Å². The largest absolute Gasteiger partial charge is 0.573 e. The van der Waals surface area contributed by atoms with Gasteiger partial charge < -0.3 is 10.1 Å². The molecule has 0 aliphatic carbocycles. The highest BCUT2D eigenvalue weighted by molar-refractivity contribution is 5.37. The fraction of sp³-hybridized carbons (Fsp3) is 0.167. The molecular weight excluding hydrogens is 305 g/mol. The Morgan fingerprint density at radius 2 is 1.86 bits per heavy atom. The number of benzene rings is 1. The minimum absolute atomic E-state index is 0.0376. The fourth-order valence-electron chi connectivity index (χ4n) is 1.56. The summed E-state index contributed by atoms with van der Waals surface area (Å²) in [5.41, 5.74) is -0.0480. The first-order chi connectivity index (χ1) is 10.3. The van der Waals surface area contributed by atoms with Crippen molar-refractivity contribution in [2.24, 2.45) is 0 Å². The van der Waals surface area contributed by atoms with E-state index in [1.165, 1.54) is 18.2 Å². The number of rotatable bonds is 5. The van der Waals surface area contributed by atoms with Gasteiger partial charge in [-0.3, -0.25) is 10.1 Å². The molecule has 0 spiro atoms. The van der Waals surface area contributed by atoms with E-state index in [-0.39, 0.29) is 29.5 Å². The zero-order valence-corrected chi connectivity index (χ0v) is 10.9. The maximum atomic E-state index is 12.3. The van der Waals surface area contributed by atoms with Crippen LogP contribution in [-0.4, -0.2) is 21.3 Å². The monoisotopic (exact) mass is 314 g/mol. The molecule has 0 aliphatic rings. The number of alkyl halides is 3. The molecule has 0 radical (unpaired) electrons. The summed E-state index contributed by atoms with van der Waals surface area (Å²) in [4.78, 5) is 17.2. The fourth-order valence-corrected chi connectivity index (χ4v) is 1.56. The van der Waals surface area contributed by atoms with Crippen molar-refractivity contribution in [1.82, 2.24) is 9.97 Å². The van der Waals surface area contributed by atoms with Gasteiger partial charge >= 0.3 is 12.0 Å². The Kier molecular flexibility index (Phi) is 4.39. The molecule has 10 heteroatoms. The molecule has 1 N–H and O–H groups in total. The lowest BCUT2D eigenvalue weighted by atomic mass is 10.2. The average Bonchev–Trinajstić information content (AvgIpc) is 2.45. The summed E-state index contributed by atoms with van der Waals surface area (Å²) < 4.78 is 40.7. The lowest BCUT2D eigenvalue weighted by Crippen LogP contribution is -2.18. The first kappa shape index (κ1) is 15.5. The van der Waals surface area contributed by atoms with Gasteiger partial charge in [0.05, 0.1) is 4.92 Å². The highest BCUT2D eigenvalue weighted by Gasteiger charge is 2.31. The Bertz CT molecular complexity index is 661. The third-order valence-corrected chi connectivity index (χ3v) is 2.48. The maximum Gasteiger partial charge on any atom is 0.573 e. The Labute approximate surface area is 121 Å². The summed E-state index contributed by atoms with van der Waals surface area (Å²) in [6.45, 7) is -0.0376. The first-order valence-corrected chi connectivity index (χ1v) is 5.89. The lowest BCUT2D eigenvalue weighted by Gasteiger charge is -2.13. The molecule has 0 bridgehead atoms. The molecular formula is C12H9F3N4O3. The predicted octanol–water partition coefficient (Wildman–Crippen LogP) is 2.90. The van der Waals surface area contributed by atoms with Crippen molar-refractivity contribution in [3.8, 4) is 5.75 Å². The van der Waals surface area contributed by atoms with Crippen molar-refractivity contribution in [3.63, 3.8) is 0 Å². The number of aromatic nitrogens is 2. The smallest absolute Gasteiger partial charge is 0.405 e. The van der Waals surface area contributed by atoms with Gasteiger partial charge in [0.2, 0.25) is 5.95 Å². The number of nitrogens with zero attached hydrogens (tertiary/aromatic N) is 3. The second-order valence-electron chi connectivity index (χ2n) is 4.03. The molecule has 7 nitrogen and oxygen atoms in total. The quantitative estimate of drug-likeness (QED) is 0.674. The minimum atomic E-state index is -4.79. The van der Waals surface area contributed by atoms with Gasteiger partial charge in [-0.25, -0.2) is 9.97 Å². The van der Waals surface area contributed by atoms with E-state index in [1.807, 2.05) is 0 Å². The van der Waals surface area contributed by atoms with Gasteiger partial charge in [-0.15, -0.1) is 13.2 Å². The number of halogens is 3. The Morgan fingerprint density at radius 1 is 1.23 bits per heavy atom. The molecule has 0 saturated carbocycles. The van der Waals surface area contributed by atoms with E-state index in [4.69, 9.17) is 0 Å². The normalized spacial score (nSPS) is 11.0. The lowest BCUT2D eigenvalue weighted by molar-refractivity contribution is -0.385. The average molecular weight is 314 g/mol. The topological polar surface area (TPSA) is 90.2 Å². The molecule has 1 aromatic heterocycles. The van der Waals surface area contributed by atoms with E-state index in [9.17, 15) is 23.3 Å². The minimum Gasteiger partial charge on any atom is -0.405 e. The molecule has 1 heterocycles. The van der Waals surface area contributed by atoms with Crippen LogP contribution in [0.3, 0.4) is 0 Å². The summed E-state index contributed by atoms with van der Waals surface area (Å²) in [6, 6.07) is 5.59. The zero-order valence-electron chi connectivity index (χ0n) is 10.9. The SMILES string of the molecule is O=[N+]([O-])c1cnc(NCc2ccccc2OC(F)(F)F)nc1. The van der Waals surface area contributed by atoms with Crippen LogP contribution in [-0.2, 0) is 6.54 Å². The molecule has 2 rings (SSSR count). The number of nitrogens with one attached hydrogen (secondary N) is 1. The third kappa shape index (κ3) is 4.30. The van der Waals surface area contributed by atoms with Gasteiger partial charge in [0.15, 0.2) is 0 Å². The molecule has 0 aliphatic heterocycles. The van der Waals surface area contributed by atoms with Gasteiger partial charge in [0.1, 0.15) is 18.1 Å². The van der Waals surface area contributed by atoms with Crippen LogP contribution in [0.1, 0.15) is 5.56 Å². The van der Waals surface area contributed by atoms with E-state index in [0.29, 0.717) is 0 Å². The van der Waals surface area contributed by atoms with Crippen LogP contribution in [0.25, 0.3) is 0 Å². The van der Waals surface area contributed by atoms with Gasteiger partial charge in [-0.2, -0.15) is 0 Å². The molecule has 22 heavy (non-hydrogen) atoms. The molecule has 1 aromatic carbocycles. The van der Waals surface area contributed by atoms with Gasteiger partial charge in [0, 0.05) is 12.1 Å². The summed E-state index contributed by atoms with van der Waals surface area (Å²) in [6.07, 6.45) is -2.80. The molecule has 0 fully saturated rings. The Morgan fingerprint density at radius 3 is 2.45 bits per heavy atom. The summed E-state index contributed by atoms with van der Waals surface area (Å²) in [7, 11) is 0. The van der Waals surface area contributed by atoms with Crippen LogP contribution in [0.2, 0.25) is 0 Å².